The van der Waals surface area contributed by atoms with Gasteiger partial charge in [-0.25, -0.2) is 4.98 Å². The number of nitrogens with zero attached hydrogens (tertiary/aromatic N) is 5. The average Bonchev–Trinajstić information content (AvgIpc) is 2.79. The second kappa shape index (κ2) is 8.07. The number of fused-ring (bicyclic) bond motifs is 1. The van der Waals surface area contributed by atoms with Gasteiger partial charge in [0, 0.05) is 59.9 Å². The Labute approximate surface area is 180 Å². The van der Waals surface area contributed by atoms with E-state index in [0.717, 1.165) is 44.9 Å². The molecule has 5 nitrogen and oxygen atoms in total. The molecule has 0 aliphatic carbocycles. The van der Waals surface area contributed by atoms with Crippen LogP contribution in [0.3, 0.4) is 0 Å². The Hall–Kier alpha value is -3.93. The summed E-state index contributed by atoms with van der Waals surface area (Å²) < 4.78 is 13.6. The van der Waals surface area contributed by atoms with Gasteiger partial charge in [-0.1, -0.05) is 18.2 Å². The summed E-state index contributed by atoms with van der Waals surface area (Å²) in [5.74, 6) is -0.482. The predicted molar refractivity (Wildman–Crippen MR) is 120 cm³/mol. The molecule has 5 rings (SSSR count). The number of anilines is 1. The Morgan fingerprint density at radius 1 is 0.871 bits per heavy atom. The molecule has 0 unspecified atom stereocenters. The van der Waals surface area contributed by atoms with Crippen LogP contribution < -0.4 is 4.90 Å². The van der Waals surface area contributed by atoms with Gasteiger partial charge in [-0.2, -0.15) is 4.39 Å². The molecule has 0 amide bonds. The highest BCUT2D eigenvalue weighted by atomic mass is 19.1. The van der Waals surface area contributed by atoms with Crippen molar-refractivity contribution in [3.05, 3.63) is 96.0 Å². The molecule has 4 aromatic rings. The number of halogens is 1. The van der Waals surface area contributed by atoms with Crippen LogP contribution in [0.4, 0.5) is 10.1 Å². The van der Waals surface area contributed by atoms with Gasteiger partial charge in [0.15, 0.2) is 0 Å². The van der Waals surface area contributed by atoms with E-state index in [0.29, 0.717) is 13.2 Å². The van der Waals surface area contributed by atoms with E-state index >= 15 is 0 Å². The highest BCUT2D eigenvalue weighted by Gasteiger charge is 2.16. The molecule has 1 aliphatic rings. The molecule has 0 N–H and O–H groups in total. The molecule has 0 saturated heterocycles. The average molecular weight is 409 g/mol. The lowest BCUT2D eigenvalue weighted by molar-refractivity contribution is 0.584. The van der Waals surface area contributed by atoms with Crippen molar-refractivity contribution in [1.82, 2.24) is 15.0 Å². The van der Waals surface area contributed by atoms with Gasteiger partial charge in [-0.15, -0.1) is 0 Å². The molecule has 0 atom stereocenters. The topological polar surface area (TPSA) is 54.3 Å². The summed E-state index contributed by atoms with van der Waals surface area (Å²) in [7, 11) is 0. The predicted octanol–water partition coefficient (Wildman–Crippen LogP) is 5.05. The Morgan fingerprint density at radius 3 is 2.52 bits per heavy atom. The zero-order chi connectivity index (χ0) is 21.2. The zero-order valence-corrected chi connectivity index (χ0v) is 17.0. The van der Waals surface area contributed by atoms with Crippen molar-refractivity contribution in [3.8, 4) is 22.4 Å². The summed E-state index contributed by atoms with van der Waals surface area (Å²) >= 11 is 0. The zero-order valence-electron chi connectivity index (χ0n) is 17.0. The second-order valence-corrected chi connectivity index (χ2v) is 7.53. The molecule has 0 radical (unpaired) electrons. The quantitative estimate of drug-likeness (QED) is 0.443. The van der Waals surface area contributed by atoms with Crippen molar-refractivity contribution in [2.45, 2.75) is 13.5 Å². The molecule has 4 heterocycles. The normalized spacial score (nSPS) is 12.6. The minimum absolute atomic E-state index is 0.482. The molecule has 0 spiro atoms. The van der Waals surface area contributed by atoms with Crippen molar-refractivity contribution >= 4 is 11.9 Å². The number of aliphatic imine (C=N–C) groups is 1. The van der Waals surface area contributed by atoms with Crippen LogP contribution in [0, 0.1) is 12.9 Å². The number of hydrogen-bond donors (Lipinski definition) is 0. The SMILES string of the molecule is Cc1cc(-c2ccc(CN3CN=Cc4ccc(-c5ccnc(F)c5)cc43)cn2)ccn1. The van der Waals surface area contributed by atoms with Gasteiger partial charge in [0.05, 0.1) is 5.69 Å². The Kier molecular flexibility index (Phi) is 4.96. The molecule has 3 aromatic heterocycles. The van der Waals surface area contributed by atoms with E-state index < -0.39 is 5.95 Å². The summed E-state index contributed by atoms with van der Waals surface area (Å²) in [5, 5.41) is 0. The van der Waals surface area contributed by atoms with Gasteiger partial charge in [0.2, 0.25) is 5.95 Å². The summed E-state index contributed by atoms with van der Waals surface area (Å²) in [6.45, 7) is 3.22. The van der Waals surface area contributed by atoms with Crippen molar-refractivity contribution in [2.24, 2.45) is 4.99 Å². The fraction of sp³-hybridized carbons (Fsp3) is 0.120. The van der Waals surface area contributed by atoms with E-state index in [9.17, 15) is 4.39 Å². The van der Waals surface area contributed by atoms with E-state index in [1.165, 1.54) is 12.3 Å². The van der Waals surface area contributed by atoms with Gasteiger partial charge in [-0.05, 0) is 53.9 Å². The number of hydrogen-bond acceptors (Lipinski definition) is 5. The second-order valence-electron chi connectivity index (χ2n) is 7.53. The van der Waals surface area contributed by atoms with Crippen LogP contribution in [0.25, 0.3) is 22.4 Å². The molecular weight excluding hydrogens is 389 g/mol. The molecule has 0 fully saturated rings. The highest BCUT2D eigenvalue weighted by molar-refractivity contribution is 5.91. The Balaban J connectivity index is 1.41. The fourth-order valence-electron chi connectivity index (χ4n) is 3.75. The van der Waals surface area contributed by atoms with Crippen LogP contribution in [0.15, 0.2) is 78.2 Å². The van der Waals surface area contributed by atoms with Crippen LogP contribution in [-0.4, -0.2) is 27.8 Å². The van der Waals surface area contributed by atoms with E-state index in [1.54, 1.807) is 6.20 Å². The largest absolute Gasteiger partial charge is 0.347 e. The number of aromatic nitrogens is 3. The van der Waals surface area contributed by atoms with E-state index in [2.05, 4.69) is 37.0 Å². The summed E-state index contributed by atoms with van der Waals surface area (Å²) in [5.41, 5.74) is 7.90. The van der Waals surface area contributed by atoms with Crippen molar-refractivity contribution < 1.29 is 4.39 Å². The summed E-state index contributed by atoms with van der Waals surface area (Å²) in [6.07, 6.45) is 7.08. The van der Waals surface area contributed by atoms with Gasteiger partial charge >= 0.3 is 0 Å². The molecule has 1 aliphatic heterocycles. The third-order valence-corrected chi connectivity index (χ3v) is 5.30. The van der Waals surface area contributed by atoms with Gasteiger partial charge < -0.3 is 4.90 Å². The van der Waals surface area contributed by atoms with Crippen LogP contribution in [0.1, 0.15) is 16.8 Å². The Bertz CT molecular complexity index is 1270. The Morgan fingerprint density at radius 2 is 1.71 bits per heavy atom. The highest BCUT2D eigenvalue weighted by Crippen LogP contribution is 2.30. The number of benzene rings is 1. The van der Waals surface area contributed by atoms with Crippen LogP contribution in [-0.2, 0) is 6.54 Å². The molecule has 152 valence electrons. The number of rotatable bonds is 4. The molecule has 0 saturated carbocycles. The molecule has 31 heavy (non-hydrogen) atoms. The van der Waals surface area contributed by atoms with Crippen molar-refractivity contribution in [1.29, 1.82) is 0 Å². The van der Waals surface area contributed by atoms with Crippen molar-refractivity contribution in [3.63, 3.8) is 0 Å². The molecule has 6 heteroatoms. The van der Waals surface area contributed by atoms with E-state index in [4.69, 9.17) is 0 Å². The molecule has 0 bridgehead atoms. The summed E-state index contributed by atoms with van der Waals surface area (Å²) in [6, 6.07) is 17.5. The van der Waals surface area contributed by atoms with Gasteiger partial charge in [0.25, 0.3) is 0 Å². The van der Waals surface area contributed by atoms with Crippen LogP contribution >= 0.6 is 0 Å². The third kappa shape index (κ3) is 4.05. The van der Waals surface area contributed by atoms with E-state index in [-0.39, 0.29) is 0 Å². The smallest absolute Gasteiger partial charge is 0.213 e. The first-order chi connectivity index (χ1) is 15.2. The maximum absolute atomic E-state index is 13.6. The number of pyridine rings is 3. The molecular formula is C25H20FN5. The standard InChI is InChI=1S/C25H20FN5/c1-17-10-21(7-8-28-17)23-5-2-18(13-30-23)15-31-16-27-14-22-4-3-19(11-24(22)31)20-6-9-29-25(26)12-20/h2-14H,15-16H2,1H3. The molecule has 1 aromatic carbocycles. The minimum atomic E-state index is -0.482. The van der Waals surface area contributed by atoms with Gasteiger partial charge in [0.1, 0.15) is 6.67 Å². The minimum Gasteiger partial charge on any atom is -0.347 e. The number of aryl methyl sites for hydroxylation is 1. The lowest BCUT2D eigenvalue weighted by Gasteiger charge is -2.28. The lowest BCUT2D eigenvalue weighted by atomic mass is 10.0. The fourth-order valence-corrected chi connectivity index (χ4v) is 3.75. The lowest BCUT2D eigenvalue weighted by Crippen LogP contribution is -2.26. The van der Waals surface area contributed by atoms with Crippen molar-refractivity contribution in [2.75, 3.05) is 11.6 Å². The first-order valence-corrected chi connectivity index (χ1v) is 10.0. The van der Waals surface area contributed by atoms with Crippen LogP contribution in [0.5, 0.6) is 0 Å². The third-order valence-electron chi connectivity index (χ3n) is 5.30. The van der Waals surface area contributed by atoms with Gasteiger partial charge in [-0.3, -0.25) is 15.0 Å². The maximum Gasteiger partial charge on any atom is 0.213 e. The first kappa shape index (κ1) is 19.1. The summed E-state index contributed by atoms with van der Waals surface area (Å²) in [4.78, 5) is 19.2. The monoisotopic (exact) mass is 409 g/mol. The first-order valence-electron chi connectivity index (χ1n) is 10.0. The van der Waals surface area contributed by atoms with Crippen LogP contribution in [0.2, 0.25) is 0 Å². The maximum atomic E-state index is 13.6. The van der Waals surface area contributed by atoms with E-state index in [1.807, 2.05) is 55.7 Å².